The molecule has 1 amide bonds. The maximum Gasteiger partial charge on any atom is 0.408 e. The standard InChI is InChI=1S/C18H21BrN2O2/c1-5-8-16(23-17(22)21-18(2,3)4)15-11-13(19)12-9-6-7-10-14(12)20-15/h5-7,9-11,16H,1,8H2,2-4H3,(H,21,22)/t16-/m0/s1. The summed E-state index contributed by atoms with van der Waals surface area (Å²) in [6.07, 6.45) is 1.28. The molecule has 1 aromatic carbocycles. The van der Waals surface area contributed by atoms with Crippen molar-refractivity contribution < 1.29 is 9.53 Å². The minimum absolute atomic E-state index is 0.354. The van der Waals surface area contributed by atoms with Crippen LogP contribution < -0.4 is 5.32 Å². The Kier molecular flexibility index (Phi) is 5.42. The molecule has 0 saturated carbocycles. The summed E-state index contributed by atoms with van der Waals surface area (Å²) in [7, 11) is 0. The van der Waals surface area contributed by atoms with Crippen LogP contribution in [0, 0.1) is 0 Å². The van der Waals surface area contributed by atoms with E-state index < -0.39 is 12.2 Å². The second kappa shape index (κ2) is 7.13. The number of carbonyl (C=O) groups is 1. The lowest BCUT2D eigenvalue weighted by atomic mass is 10.1. The summed E-state index contributed by atoms with van der Waals surface area (Å²) in [5.74, 6) is 0. The fourth-order valence-electron chi connectivity index (χ4n) is 2.16. The Morgan fingerprint density at radius 2 is 2.13 bits per heavy atom. The molecule has 1 atom stereocenters. The van der Waals surface area contributed by atoms with Gasteiger partial charge in [0, 0.05) is 21.8 Å². The zero-order valence-electron chi connectivity index (χ0n) is 13.6. The van der Waals surface area contributed by atoms with Crippen molar-refractivity contribution in [2.45, 2.75) is 38.8 Å². The molecule has 0 unspecified atom stereocenters. The number of rotatable bonds is 4. The minimum Gasteiger partial charge on any atom is -0.439 e. The summed E-state index contributed by atoms with van der Waals surface area (Å²) < 4.78 is 6.48. The first-order chi connectivity index (χ1) is 10.8. The van der Waals surface area contributed by atoms with Crippen LogP contribution in [0.4, 0.5) is 4.79 Å². The van der Waals surface area contributed by atoms with Crippen LogP contribution in [0.3, 0.4) is 0 Å². The molecular weight excluding hydrogens is 356 g/mol. The van der Waals surface area contributed by atoms with E-state index >= 15 is 0 Å². The van der Waals surface area contributed by atoms with Gasteiger partial charge in [0.25, 0.3) is 0 Å². The van der Waals surface area contributed by atoms with Crippen molar-refractivity contribution in [1.29, 1.82) is 0 Å². The lowest BCUT2D eigenvalue weighted by molar-refractivity contribution is 0.0904. The Morgan fingerprint density at radius 3 is 2.78 bits per heavy atom. The molecule has 0 spiro atoms. The predicted molar refractivity (Wildman–Crippen MR) is 96.4 cm³/mol. The number of hydrogen-bond donors (Lipinski definition) is 1. The van der Waals surface area contributed by atoms with Crippen molar-refractivity contribution in [3.05, 3.63) is 53.2 Å². The summed E-state index contributed by atoms with van der Waals surface area (Å²) in [5, 5.41) is 3.82. The highest BCUT2D eigenvalue weighted by Crippen LogP contribution is 2.29. The number of ether oxygens (including phenoxy) is 1. The highest BCUT2D eigenvalue weighted by atomic mass is 79.9. The zero-order chi connectivity index (χ0) is 17.0. The molecule has 0 aliphatic carbocycles. The average molecular weight is 377 g/mol. The lowest BCUT2D eigenvalue weighted by Gasteiger charge is -2.23. The van der Waals surface area contributed by atoms with E-state index in [2.05, 4.69) is 32.8 Å². The first-order valence-corrected chi connectivity index (χ1v) is 8.24. The topological polar surface area (TPSA) is 51.2 Å². The fraction of sp³-hybridized carbons (Fsp3) is 0.333. The third-order valence-corrected chi connectivity index (χ3v) is 3.78. The number of pyridine rings is 1. The number of halogens is 1. The summed E-state index contributed by atoms with van der Waals surface area (Å²) >= 11 is 3.56. The first-order valence-electron chi connectivity index (χ1n) is 7.45. The van der Waals surface area contributed by atoms with Crippen molar-refractivity contribution in [2.75, 3.05) is 0 Å². The van der Waals surface area contributed by atoms with Crippen molar-refractivity contribution >= 4 is 32.9 Å². The number of alkyl carbamates (subject to hydrolysis) is 1. The van der Waals surface area contributed by atoms with Gasteiger partial charge >= 0.3 is 6.09 Å². The van der Waals surface area contributed by atoms with Gasteiger partial charge in [-0.3, -0.25) is 0 Å². The number of nitrogens with one attached hydrogen (secondary N) is 1. The molecule has 1 aromatic heterocycles. The van der Waals surface area contributed by atoms with Crippen LogP contribution in [-0.4, -0.2) is 16.6 Å². The largest absolute Gasteiger partial charge is 0.439 e. The maximum absolute atomic E-state index is 12.1. The van der Waals surface area contributed by atoms with Gasteiger partial charge in [-0.1, -0.05) is 40.2 Å². The molecule has 2 rings (SSSR count). The van der Waals surface area contributed by atoms with E-state index in [-0.39, 0.29) is 5.54 Å². The Bertz CT molecular complexity index is 723. The third kappa shape index (κ3) is 4.79. The van der Waals surface area contributed by atoms with Crippen LogP contribution in [0.2, 0.25) is 0 Å². The molecule has 23 heavy (non-hydrogen) atoms. The Hall–Kier alpha value is -1.88. The van der Waals surface area contributed by atoms with Crippen LogP contribution in [0.5, 0.6) is 0 Å². The van der Waals surface area contributed by atoms with Gasteiger partial charge in [0.1, 0.15) is 6.10 Å². The Labute approximate surface area is 145 Å². The molecule has 1 N–H and O–H groups in total. The molecule has 1 heterocycles. The highest BCUT2D eigenvalue weighted by Gasteiger charge is 2.21. The number of carbonyl (C=O) groups excluding carboxylic acids is 1. The predicted octanol–water partition coefficient (Wildman–Crippen LogP) is 5.14. The number of nitrogens with zero attached hydrogens (tertiary/aromatic N) is 1. The number of aromatic nitrogens is 1. The molecule has 0 radical (unpaired) electrons. The summed E-state index contributed by atoms with van der Waals surface area (Å²) in [5.41, 5.74) is 1.19. The molecule has 0 aliphatic rings. The van der Waals surface area contributed by atoms with Gasteiger partial charge in [0.05, 0.1) is 11.2 Å². The molecular formula is C18H21BrN2O2. The van der Waals surface area contributed by atoms with E-state index in [9.17, 15) is 4.79 Å². The normalized spacial score (nSPS) is 12.7. The van der Waals surface area contributed by atoms with E-state index in [0.717, 1.165) is 15.4 Å². The average Bonchev–Trinajstić information content (AvgIpc) is 2.45. The van der Waals surface area contributed by atoms with Gasteiger partial charge in [0.15, 0.2) is 0 Å². The van der Waals surface area contributed by atoms with Gasteiger partial charge in [0.2, 0.25) is 0 Å². The molecule has 0 saturated heterocycles. The van der Waals surface area contributed by atoms with Gasteiger partial charge in [-0.25, -0.2) is 9.78 Å². The van der Waals surface area contributed by atoms with Gasteiger partial charge in [-0.05, 0) is 32.9 Å². The molecule has 2 aromatic rings. The second-order valence-electron chi connectivity index (χ2n) is 6.34. The number of hydrogen-bond acceptors (Lipinski definition) is 3. The summed E-state index contributed by atoms with van der Waals surface area (Å²) in [6, 6.07) is 9.71. The SMILES string of the molecule is C=CC[C@H](OC(=O)NC(C)(C)C)c1cc(Br)c2ccccc2n1. The third-order valence-electron chi connectivity index (χ3n) is 3.12. The molecule has 122 valence electrons. The van der Waals surface area contributed by atoms with Crippen LogP contribution in [0.1, 0.15) is 39.0 Å². The zero-order valence-corrected chi connectivity index (χ0v) is 15.2. The van der Waals surface area contributed by atoms with Gasteiger partial charge in [-0.15, -0.1) is 6.58 Å². The lowest BCUT2D eigenvalue weighted by Crippen LogP contribution is -2.41. The molecule has 0 aliphatic heterocycles. The number of benzene rings is 1. The summed E-state index contributed by atoms with van der Waals surface area (Å²) in [6.45, 7) is 9.45. The van der Waals surface area contributed by atoms with Crippen LogP contribution >= 0.6 is 15.9 Å². The smallest absolute Gasteiger partial charge is 0.408 e. The number of amides is 1. The number of para-hydroxylation sites is 1. The first kappa shape index (κ1) is 17.5. The van der Waals surface area contributed by atoms with Crippen LogP contribution in [-0.2, 0) is 4.74 Å². The minimum atomic E-state index is -0.476. The second-order valence-corrected chi connectivity index (χ2v) is 7.19. The molecule has 0 bridgehead atoms. The maximum atomic E-state index is 12.1. The van der Waals surface area contributed by atoms with Crippen LogP contribution in [0.15, 0.2) is 47.5 Å². The highest BCUT2D eigenvalue weighted by molar-refractivity contribution is 9.10. The monoisotopic (exact) mass is 376 g/mol. The van der Waals surface area contributed by atoms with Crippen molar-refractivity contribution in [3.63, 3.8) is 0 Å². The number of fused-ring (bicyclic) bond motifs is 1. The van der Waals surface area contributed by atoms with Gasteiger partial charge < -0.3 is 10.1 Å². The summed E-state index contributed by atoms with van der Waals surface area (Å²) in [4.78, 5) is 16.7. The quantitative estimate of drug-likeness (QED) is 0.751. The van der Waals surface area contributed by atoms with Crippen molar-refractivity contribution in [2.24, 2.45) is 0 Å². The van der Waals surface area contributed by atoms with E-state index in [1.807, 2.05) is 51.1 Å². The fourth-order valence-corrected chi connectivity index (χ4v) is 2.73. The van der Waals surface area contributed by atoms with E-state index in [1.165, 1.54) is 0 Å². The Morgan fingerprint density at radius 1 is 1.43 bits per heavy atom. The van der Waals surface area contributed by atoms with E-state index in [4.69, 9.17) is 4.74 Å². The molecule has 4 nitrogen and oxygen atoms in total. The van der Waals surface area contributed by atoms with E-state index in [0.29, 0.717) is 12.1 Å². The van der Waals surface area contributed by atoms with Crippen LogP contribution in [0.25, 0.3) is 10.9 Å². The molecule has 0 fully saturated rings. The van der Waals surface area contributed by atoms with Crippen molar-refractivity contribution in [1.82, 2.24) is 10.3 Å². The molecule has 5 heteroatoms. The van der Waals surface area contributed by atoms with E-state index in [1.54, 1.807) is 6.08 Å². The van der Waals surface area contributed by atoms with Crippen molar-refractivity contribution in [3.8, 4) is 0 Å². The van der Waals surface area contributed by atoms with Gasteiger partial charge in [-0.2, -0.15) is 0 Å². The Balaban J connectivity index is 2.30.